The summed E-state index contributed by atoms with van der Waals surface area (Å²) < 4.78 is 5.78. The van der Waals surface area contributed by atoms with Gasteiger partial charge in [-0.1, -0.05) is 27.2 Å². The van der Waals surface area contributed by atoms with Gasteiger partial charge in [-0.25, -0.2) is 0 Å². The molecule has 0 aromatic rings. The summed E-state index contributed by atoms with van der Waals surface area (Å²) in [7, 11) is 0. The maximum Gasteiger partial charge on any atom is 0.0722 e. The molecule has 0 aromatic carbocycles. The summed E-state index contributed by atoms with van der Waals surface area (Å²) in [4.78, 5) is 0. The summed E-state index contributed by atoms with van der Waals surface area (Å²) in [5.41, 5.74) is -0.617. The molecule has 0 spiro atoms. The minimum absolute atomic E-state index is 0.116. The van der Waals surface area contributed by atoms with Crippen LogP contribution in [-0.2, 0) is 4.74 Å². The summed E-state index contributed by atoms with van der Waals surface area (Å²) in [6, 6.07) is 0. The Kier molecular flexibility index (Phi) is 4.19. The van der Waals surface area contributed by atoms with E-state index in [0.717, 1.165) is 32.1 Å². The van der Waals surface area contributed by atoms with Crippen LogP contribution in [0, 0.1) is 5.92 Å². The first kappa shape index (κ1) is 13.0. The predicted octanol–water partition coefficient (Wildman–Crippen LogP) is 3.13. The Balaban J connectivity index is 2.67. The second kappa shape index (κ2) is 4.84. The minimum Gasteiger partial charge on any atom is -0.389 e. The van der Waals surface area contributed by atoms with E-state index in [-0.39, 0.29) is 5.60 Å². The van der Waals surface area contributed by atoms with Crippen LogP contribution in [0.15, 0.2) is 0 Å². The number of hydrogen-bond acceptors (Lipinski definition) is 2. The fraction of sp³-hybridized carbons (Fsp3) is 1.00. The molecule has 1 rings (SSSR count). The van der Waals surface area contributed by atoms with E-state index in [4.69, 9.17) is 4.74 Å². The van der Waals surface area contributed by atoms with E-state index in [9.17, 15) is 5.11 Å². The summed E-state index contributed by atoms with van der Waals surface area (Å²) in [6.07, 6.45) is 4.82. The molecule has 1 saturated heterocycles. The lowest BCUT2D eigenvalue weighted by molar-refractivity contribution is -0.172. The highest BCUT2D eigenvalue weighted by molar-refractivity contribution is 4.94. The topological polar surface area (TPSA) is 29.5 Å². The number of ether oxygens (including phenoxy) is 1. The van der Waals surface area contributed by atoms with Crippen LogP contribution in [0.2, 0.25) is 0 Å². The van der Waals surface area contributed by atoms with Crippen LogP contribution in [0.4, 0.5) is 0 Å². The Morgan fingerprint density at radius 3 is 2.60 bits per heavy atom. The number of aliphatic hydroxyl groups is 1. The number of rotatable bonds is 4. The Morgan fingerprint density at radius 1 is 1.40 bits per heavy atom. The SMILES string of the molecule is CCCC(C)C1(O)CCOC(C)(CC)C1. The van der Waals surface area contributed by atoms with Gasteiger partial charge in [-0.2, -0.15) is 0 Å². The van der Waals surface area contributed by atoms with Crippen LogP contribution < -0.4 is 0 Å². The highest BCUT2D eigenvalue weighted by atomic mass is 16.5. The van der Waals surface area contributed by atoms with Gasteiger partial charge >= 0.3 is 0 Å². The second-order valence-corrected chi connectivity index (χ2v) is 5.37. The van der Waals surface area contributed by atoms with Crippen LogP contribution in [0.5, 0.6) is 0 Å². The van der Waals surface area contributed by atoms with Crippen LogP contribution in [0.25, 0.3) is 0 Å². The molecule has 15 heavy (non-hydrogen) atoms. The lowest BCUT2D eigenvalue weighted by Gasteiger charge is -2.46. The number of hydrogen-bond donors (Lipinski definition) is 1. The van der Waals surface area contributed by atoms with Crippen molar-refractivity contribution in [2.75, 3.05) is 6.61 Å². The third-order valence-electron chi connectivity index (χ3n) is 4.05. The van der Waals surface area contributed by atoms with Gasteiger partial charge in [0, 0.05) is 6.42 Å². The Hall–Kier alpha value is -0.0800. The van der Waals surface area contributed by atoms with E-state index in [2.05, 4.69) is 27.7 Å². The molecule has 1 fully saturated rings. The summed E-state index contributed by atoms with van der Waals surface area (Å²) in [5.74, 6) is 0.386. The molecule has 3 atom stereocenters. The van der Waals surface area contributed by atoms with E-state index >= 15 is 0 Å². The maximum atomic E-state index is 10.7. The smallest absolute Gasteiger partial charge is 0.0722 e. The average molecular weight is 214 g/mol. The molecular weight excluding hydrogens is 188 g/mol. The largest absolute Gasteiger partial charge is 0.389 e. The van der Waals surface area contributed by atoms with E-state index in [1.165, 1.54) is 0 Å². The van der Waals surface area contributed by atoms with Gasteiger partial charge in [0.05, 0.1) is 17.8 Å². The van der Waals surface area contributed by atoms with E-state index < -0.39 is 5.60 Å². The lowest BCUT2D eigenvalue weighted by atomic mass is 9.73. The molecule has 0 radical (unpaired) electrons. The molecule has 0 aromatic heterocycles. The third kappa shape index (κ3) is 2.94. The van der Waals surface area contributed by atoms with E-state index in [1.54, 1.807) is 0 Å². The van der Waals surface area contributed by atoms with Crippen LogP contribution in [0.3, 0.4) is 0 Å². The maximum absolute atomic E-state index is 10.7. The third-order valence-corrected chi connectivity index (χ3v) is 4.05. The Labute approximate surface area is 94.0 Å². The molecular formula is C13H26O2. The van der Waals surface area contributed by atoms with Crippen molar-refractivity contribution in [3.05, 3.63) is 0 Å². The molecule has 0 aliphatic carbocycles. The molecule has 90 valence electrons. The highest BCUT2D eigenvalue weighted by Gasteiger charge is 2.43. The standard InChI is InChI=1S/C13H26O2/c1-5-7-11(3)13(14)8-9-15-12(4,6-2)10-13/h11,14H,5-10H2,1-4H3. The molecule has 2 nitrogen and oxygen atoms in total. The van der Waals surface area contributed by atoms with Crippen molar-refractivity contribution < 1.29 is 9.84 Å². The predicted molar refractivity (Wildman–Crippen MR) is 62.9 cm³/mol. The van der Waals surface area contributed by atoms with Crippen LogP contribution in [0.1, 0.15) is 59.8 Å². The van der Waals surface area contributed by atoms with Crippen molar-refractivity contribution in [3.8, 4) is 0 Å². The fourth-order valence-electron chi connectivity index (χ4n) is 2.61. The quantitative estimate of drug-likeness (QED) is 0.779. The van der Waals surface area contributed by atoms with Gasteiger partial charge in [0.15, 0.2) is 0 Å². The molecule has 1 heterocycles. The lowest BCUT2D eigenvalue weighted by Crippen LogP contribution is -2.50. The first-order valence-corrected chi connectivity index (χ1v) is 6.32. The van der Waals surface area contributed by atoms with Gasteiger partial charge in [0.1, 0.15) is 0 Å². The molecule has 0 bridgehead atoms. The zero-order chi connectivity index (χ0) is 11.5. The Bertz CT molecular complexity index is 205. The fourth-order valence-corrected chi connectivity index (χ4v) is 2.61. The monoisotopic (exact) mass is 214 g/mol. The molecule has 1 aliphatic rings. The van der Waals surface area contributed by atoms with Crippen molar-refractivity contribution in [2.45, 2.75) is 71.0 Å². The summed E-state index contributed by atoms with van der Waals surface area (Å²) in [5, 5.41) is 10.7. The van der Waals surface area contributed by atoms with Gasteiger partial charge in [-0.05, 0) is 32.1 Å². The molecule has 1 N–H and O–H groups in total. The Morgan fingerprint density at radius 2 is 2.07 bits per heavy atom. The van der Waals surface area contributed by atoms with Gasteiger partial charge in [0.25, 0.3) is 0 Å². The first-order valence-electron chi connectivity index (χ1n) is 6.32. The van der Waals surface area contributed by atoms with Gasteiger partial charge in [-0.15, -0.1) is 0 Å². The molecule has 3 unspecified atom stereocenters. The van der Waals surface area contributed by atoms with Crippen LogP contribution in [-0.4, -0.2) is 22.9 Å². The minimum atomic E-state index is -0.501. The van der Waals surface area contributed by atoms with E-state index in [1.807, 2.05) is 0 Å². The van der Waals surface area contributed by atoms with Gasteiger partial charge in [-0.3, -0.25) is 0 Å². The van der Waals surface area contributed by atoms with Gasteiger partial charge in [0.2, 0.25) is 0 Å². The van der Waals surface area contributed by atoms with Crippen molar-refractivity contribution in [2.24, 2.45) is 5.92 Å². The molecule has 0 amide bonds. The highest BCUT2D eigenvalue weighted by Crippen LogP contribution is 2.40. The van der Waals surface area contributed by atoms with Crippen LogP contribution >= 0.6 is 0 Å². The zero-order valence-corrected chi connectivity index (χ0v) is 10.7. The van der Waals surface area contributed by atoms with Gasteiger partial charge < -0.3 is 9.84 Å². The van der Waals surface area contributed by atoms with Crippen molar-refractivity contribution in [1.29, 1.82) is 0 Å². The van der Waals surface area contributed by atoms with Crippen molar-refractivity contribution in [1.82, 2.24) is 0 Å². The molecule has 0 saturated carbocycles. The second-order valence-electron chi connectivity index (χ2n) is 5.37. The average Bonchev–Trinajstić information content (AvgIpc) is 2.18. The zero-order valence-electron chi connectivity index (χ0n) is 10.7. The van der Waals surface area contributed by atoms with Crippen molar-refractivity contribution >= 4 is 0 Å². The summed E-state index contributed by atoms with van der Waals surface area (Å²) in [6.45, 7) is 9.31. The van der Waals surface area contributed by atoms with E-state index in [0.29, 0.717) is 12.5 Å². The molecule has 1 aliphatic heterocycles. The first-order chi connectivity index (χ1) is 6.96. The molecule has 2 heteroatoms. The van der Waals surface area contributed by atoms with Crippen molar-refractivity contribution in [3.63, 3.8) is 0 Å². The normalized spacial score (nSPS) is 39.0. The summed E-state index contributed by atoms with van der Waals surface area (Å²) >= 11 is 0.